The predicted molar refractivity (Wildman–Crippen MR) is 76.0 cm³/mol. The summed E-state index contributed by atoms with van der Waals surface area (Å²) in [5, 5.41) is 13.4. The monoisotopic (exact) mass is 272 g/mol. The number of hydrogen-bond acceptors (Lipinski definition) is 3. The maximum Gasteiger partial charge on any atom is 0.341 e. The molecule has 0 amide bonds. The number of carboxylic acids is 1. The van der Waals surface area contributed by atoms with Gasteiger partial charge >= 0.3 is 5.97 Å². The first kappa shape index (κ1) is 14.0. The Labute approximate surface area is 116 Å². The number of benzene rings is 1. The van der Waals surface area contributed by atoms with Crippen LogP contribution < -0.4 is 5.56 Å². The Bertz CT molecular complexity index is 732. The second-order valence-electron chi connectivity index (χ2n) is 4.69. The number of carbonyl (C=O) groups is 1. The molecule has 0 radical (unpaired) electrons. The Morgan fingerprint density at radius 2 is 2.00 bits per heavy atom. The lowest BCUT2D eigenvalue weighted by Gasteiger charge is -2.10. The summed E-state index contributed by atoms with van der Waals surface area (Å²) in [6, 6.07) is 7.17. The SMILES string of the molecule is CCn1nc(-c2ccc(C)cc2C)cc(C(=O)O)c1=O. The maximum absolute atomic E-state index is 11.9. The minimum Gasteiger partial charge on any atom is -0.477 e. The topological polar surface area (TPSA) is 72.2 Å². The Morgan fingerprint density at radius 3 is 2.55 bits per heavy atom. The molecule has 1 heterocycles. The van der Waals surface area contributed by atoms with Crippen LogP contribution in [0.25, 0.3) is 11.3 Å². The van der Waals surface area contributed by atoms with Gasteiger partial charge in [-0.15, -0.1) is 0 Å². The Hall–Kier alpha value is -2.43. The van der Waals surface area contributed by atoms with Crippen LogP contribution >= 0.6 is 0 Å². The molecule has 0 aliphatic heterocycles. The number of hydrogen-bond donors (Lipinski definition) is 1. The van der Waals surface area contributed by atoms with Gasteiger partial charge in [0, 0.05) is 12.1 Å². The van der Waals surface area contributed by atoms with Gasteiger partial charge in [-0.1, -0.05) is 23.8 Å². The van der Waals surface area contributed by atoms with E-state index in [2.05, 4.69) is 5.10 Å². The van der Waals surface area contributed by atoms with Gasteiger partial charge in [-0.2, -0.15) is 5.10 Å². The van der Waals surface area contributed by atoms with E-state index < -0.39 is 11.5 Å². The van der Waals surface area contributed by atoms with Crippen LogP contribution in [0.2, 0.25) is 0 Å². The third kappa shape index (κ3) is 2.47. The highest BCUT2D eigenvalue weighted by atomic mass is 16.4. The highest BCUT2D eigenvalue weighted by molar-refractivity contribution is 5.88. The maximum atomic E-state index is 11.9. The zero-order chi connectivity index (χ0) is 14.9. The van der Waals surface area contributed by atoms with Gasteiger partial charge in [-0.3, -0.25) is 4.79 Å². The Morgan fingerprint density at radius 1 is 1.30 bits per heavy atom. The molecule has 0 saturated carbocycles. The molecule has 1 aromatic heterocycles. The van der Waals surface area contributed by atoms with Gasteiger partial charge in [0.25, 0.3) is 5.56 Å². The van der Waals surface area contributed by atoms with Crippen LogP contribution in [0.15, 0.2) is 29.1 Å². The summed E-state index contributed by atoms with van der Waals surface area (Å²) in [4.78, 5) is 23.1. The molecule has 1 N–H and O–H groups in total. The van der Waals surface area contributed by atoms with Gasteiger partial charge in [0.2, 0.25) is 0 Å². The van der Waals surface area contributed by atoms with Gasteiger partial charge in [-0.25, -0.2) is 9.48 Å². The predicted octanol–water partition coefficient (Wildman–Crippen LogP) is 2.25. The lowest BCUT2D eigenvalue weighted by molar-refractivity contribution is 0.0693. The van der Waals surface area contributed by atoms with Gasteiger partial charge in [0.05, 0.1) is 5.69 Å². The van der Waals surface area contributed by atoms with Crippen LogP contribution in [0.1, 0.15) is 28.4 Å². The van der Waals surface area contributed by atoms with E-state index in [-0.39, 0.29) is 5.56 Å². The van der Waals surface area contributed by atoms with E-state index in [4.69, 9.17) is 5.11 Å². The molecule has 0 bridgehead atoms. The molecule has 0 fully saturated rings. The normalized spacial score (nSPS) is 10.6. The first-order chi connectivity index (χ1) is 9.43. The van der Waals surface area contributed by atoms with Gasteiger partial charge < -0.3 is 5.11 Å². The van der Waals surface area contributed by atoms with Gasteiger partial charge in [0.15, 0.2) is 0 Å². The minimum absolute atomic E-state index is 0.253. The molecule has 0 saturated heterocycles. The summed E-state index contributed by atoms with van der Waals surface area (Å²) >= 11 is 0. The van der Waals surface area contributed by atoms with Crippen LogP contribution in [-0.4, -0.2) is 20.9 Å². The highest BCUT2D eigenvalue weighted by Gasteiger charge is 2.15. The van der Waals surface area contributed by atoms with Crippen molar-refractivity contribution in [3.8, 4) is 11.3 Å². The number of nitrogens with zero attached hydrogens (tertiary/aromatic N) is 2. The van der Waals surface area contributed by atoms with Crippen molar-refractivity contribution in [3.63, 3.8) is 0 Å². The zero-order valence-corrected chi connectivity index (χ0v) is 11.7. The molecule has 20 heavy (non-hydrogen) atoms. The summed E-state index contributed by atoms with van der Waals surface area (Å²) < 4.78 is 1.18. The number of aromatic carboxylic acids is 1. The first-order valence-electron chi connectivity index (χ1n) is 6.37. The average molecular weight is 272 g/mol. The summed E-state index contributed by atoms with van der Waals surface area (Å²) in [5.41, 5.74) is 2.62. The molecule has 0 aliphatic rings. The van der Waals surface area contributed by atoms with E-state index in [0.717, 1.165) is 16.7 Å². The fourth-order valence-corrected chi connectivity index (χ4v) is 2.14. The third-order valence-corrected chi connectivity index (χ3v) is 3.16. The van der Waals surface area contributed by atoms with Crippen molar-refractivity contribution in [1.29, 1.82) is 0 Å². The molecule has 1 aromatic carbocycles. The fourth-order valence-electron chi connectivity index (χ4n) is 2.14. The smallest absolute Gasteiger partial charge is 0.341 e. The summed E-state index contributed by atoms with van der Waals surface area (Å²) in [7, 11) is 0. The molecule has 5 nitrogen and oxygen atoms in total. The fraction of sp³-hybridized carbons (Fsp3) is 0.267. The summed E-state index contributed by atoms with van der Waals surface area (Å²) in [6.45, 7) is 6.01. The largest absolute Gasteiger partial charge is 0.477 e. The van der Waals surface area contributed by atoms with E-state index >= 15 is 0 Å². The van der Waals surface area contributed by atoms with Crippen molar-refractivity contribution in [3.05, 3.63) is 51.3 Å². The van der Waals surface area contributed by atoms with Crippen LogP contribution in [0.3, 0.4) is 0 Å². The molecular weight excluding hydrogens is 256 g/mol. The first-order valence-corrected chi connectivity index (χ1v) is 6.37. The number of carboxylic acid groups (broad SMARTS) is 1. The standard InChI is InChI=1S/C15H16N2O3/c1-4-17-14(18)12(15(19)20)8-13(16-17)11-6-5-9(2)7-10(11)3/h5-8H,4H2,1-3H3,(H,19,20). The molecule has 104 valence electrons. The number of aryl methyl sites for hydroxylation is 3. The van der Waals surface area contributed by atoms with Crippen LogP contribution in [0.4, 0.5) is 0 Å². The lowest BCUT2D eigenvalue weighted by atomic mass is 10.0. The minimum atomic E-state index is -1.23. The van der Waals surface area contributed by atoms with Crippen LogP contribution in [0, 0.1) is 13.8 Å². The highest BCUT2D eigenvalue weighted by Crippen LogP contribution is 2.22. The molecule has 2 rings (SSSR count). The molecule has 0 spiro atoms. The molecule has 0 atom stereocenters. The third-order valence-electron chi connectivity index (χ3n) is 3.16. The van der Waals surface area contributed by atoms with Crippen molar-refractivity contribution < 1.29 is 9.90 Å². The Kier molecular flexibility index (Phi) is 3.70. The number of rotatable bonds is 3. The molecule has 0 aliphatic carbocycles. The van der Waals surface area contributed by atoms with E-state index in [0.29, 0.717) is 12.2 Å². The molecule has 2 aromatic rings. The van der Waals surface area contributed by atoms with E-state index in [1.54, 1.807) is 6.92 Å². The quantitative estimate of drug-likeness (QED) is 0.930. The average Bonchev–Trinajstić information content (AvgIpc) is 2.39. The van der Waals surface area contributed by atoms with Crippen LogP contribution in [-0.2, 0) is 6.54 Å². The second-order valence-corrected chi connectivity index (χ2v) is 4.69. The van der Waals surface area contributed by atoms with E-state index in [9.17, 15) is 9.59 Å². The van der Waals surface area contributed by atoms with Gasteiger partial charge in [-0.05, 0) is 32.4 Å². The van der Waals surface area contributed by atoms with Crippen molar-refractivity contribution >= 4 is 5.97 Å². The summed E-state index contributed by atoms with van der Waals surface area (Å²) in [6.07, 6.45) is 0. The van der Waals surface area contributed by atoms with E-state index in [1.165, 1.54) is 10.7 Å². The van der Waals surface area contributed by atoms with Crippen molar-refractivity contribution in [2.45, 2.75) is 27.3 Å². The van der Waals surface area contributed by atoms with Gasteiger partial charge in [0.1, 0.15) is 5.56 Å². The zero-order valence-electron chi connectivity index (χ0n) is 11.7. The van der Waals surface area contributed by atoms with Crippen LogP contribution in [0.5, 0.6) is 0 Å². The Balaban J connectivity index is 2.71. The number of aromatic nitrogens is 2. The molecular formula is C15H16N2O3. The van der Waals surface area contributed by atoms with Crippen molar-refractivity contribution in [2.75, 3.05) is 0 Å². The van der Waals surface area contributed by atoms with E-state index in [1.807, 2.05) is 32.0 Å². The van der Waals surface area contributed by atoms with Crippen molar-refractivity contribution in [2.24, 2.45) is 0 Å². The van der Waals surface area contributed by atoms with Crippen molar-refractivity contribution in [1.82, 2.24) is 9.78 Å². The second kappa shape index (κ2) is 5.28. The summed E-state index contributed by atoms with van der Waals surface area (Å²) in [5.74, 6) is -1.23. The molecule has 5 heteroatoms. The molecule has 0 unspecified atom stereocenters. The lowest BCUT2D eigenvalue weighted by Crippen LogP contribution is -2.28.